The van der Waals surface area contributed by atoms with Gasteiger partial charge in [0.2, 0.25) is 5.91 Å². The Labute approximate surface area is 168 Å². The van der Waals surface area contributed by atoms with Crippen molar-refractivity contribution < 1.29 is 9.53 Å². The summed E-state index contributed by atoms with van der Waals surface area (Å²) >= 11 is 0. The Morgan fingerprint density at radius 1 is 1.07 bits per heavy atom. The van der Waals surface area contributed by atoms with Crippen molar-refractivity contribution in [3.63, 3.8) is 0 Å². The highest BCUT2D eigenvalue weighted by molar-refractivity contribution is 5.91. The summed E-state index contributed by atoms with van der Waals surface area (Å²) in [5, 5.41) is 8.54. The second-order valence-electron chi connectivity index (χ2n) is 7.83. The molecule has 0 N–H and O–H groups in total. The number of ether oxygens (including phenoxy) is 1. The third-order valence-corrected chi connectivity index (χ3v) is 5.74. The topological polar surface area (TPSA) is 56.6 Å². The third kappa shape index (κ3) is 6.38. The van der Waals surface area contributed by atoms with Crippen LogP contribution in [0.5, 0.6) is 5.75 Å². The lowest BCUT2D eigenvalue weighted by Crippen LogP contribution is -2.36. The Balaban J connectivity index is 1.46. The molecule has 28 heavy (non-hydrogen) atoms. The summed E-state index contributed by atoms with van der Waals surface area (Å²) in [6.45, 7) is 5.00. The van der Waals surface area contributed by atoms with Crippen molar-refractivity contribution in [1.29, 1.82) is 5.26 Å². The average Bonchev–Trinajstić information content (AvgIpc) is 2.97. The number of carbonyl (C=O) groups is 1. The molecule has 0 atom stereocenters. The highest BCUT2D eigenvalue weighted by atomic mass is 16.5. The summed E-state index contributed by atoms with van der Waals surface area (Å²) in [5.74, 6) is 1.61. The SMILES string of the molecule is N#CCOc1ccc(/C=C/C(=O)N2CCCN(CC3CCCCC3)CC2)cc1. The monoisotopic (exact) mass is 381 g/mol. The lowest BCUT2D eigenvalue weighted by molar-refractivity contribution is -0.125. The number of amides is 1. The fourth-order valence-corrected chi connectivity index (χ4v) is 4.17. The number of carbonyl (C=O) groups excluding carboxylic acids is 1. The molecule has 3 rings (SSSR count). The lowest BCUT2D eigenvalue weighted by atomic mass is 9.89. The molecule has 1 aromatic carbocycles. The van der Waals surface area contributed by atoms with E-state index in [1.54, 1.807) is 6.08 Å². The van der Waals surface area contributed by atoms with Crippen LogP contribution < -0.4 is 4.74 Å². The van der Waals surface area contributed by atoms with E-state index in [2.05, 4.69) is 4.90 Å². The molecule has 1 saturated heterocycles. The van der Waals surface area contributed by atoms with Crippen LogP contribution in [0.2, 0.25) is 0 Å². The zero-order valence-electron chi connectivity index (χ0n) is 16.7. The lowest BCUT2D eigenvalue weighted by Gasteiger charge is -2.28. The van der Waals surface area contributed by atoms with Crippen LogP contribution in [0.1, 0.15) is 44.1 Å². The molecule has 1 saturated carbocycles. The molecule has 5 nitrogen and oxygen atoms in total. The van der Waals surface area contributed by atoms with E-state index in [9.17, 15) is 4.79 Å². The maximum absolute atomic E-state index is 12.6. The molecule has 2 fully saturated rings. The Kier molecular flexibility index (Phi) is 7.93. The van der Waals surface area contributed by atoms with E-state index in [0.717, 1.165) is 44.1 Å². The first-order valence-electron chi connectivity index (χ1n) is 10.5. The van der Waals surface area contributed by atoms with Gasteiger partial charge in [-0.05, 0) is 55.5 Å². The van der Waals surface area contributed by atoms with Crippen LogP contribution in [0.3, 0.4) is 0 Å². The predicted octanol–water partition coefficient (Wildman–Crippen LogP) is 3.72. The van der Waals surface area contributed by atoms with E-state index >= 15 is 0 Å². The number of nitrogens with zero attached hydrogens (tertiary/aromatic N) is 3. The van der Waals surface area contributed by atoms with Crippen LogP contribution in [0.15, 0.2) is 30.3 Å². The second kappa shape index (κ2) is 10.9. The molecule has 0 radical (unpaired) electrons. The Morgan fingerprint density at radius 2 is 1.86 bits per heavy atom. The maximum atomic E-state index is 12.6. The average molecular weight is 382 g/mol. The molecule has 5 heteroatoms. The van der Waals surface area contributed by atoms with Gasteiger partial charge in [0, 0.05) is 32.3 Å². The van der Waals surface area contributed by atoms with E-state index in [-0.39, 0.29) is 12.5 Å². The first kappa shape index (κ1) is 20.4. The van der Waals surface area contributed by atoms with Crippen LogP contribution in [-0.2, 0) is 4.79 Å². The first-order chi connectivity index (χ1) is 13.7. The van der Waals surface area contributed by atoms with Crippen LogP contribution in [-0.4, -0.2) is 55.0 Å². The van der Waals surface area contributed by atoms with Crippen molar-refractivity contribution in [3.8, 4) is 11.8 Å². The number of rotatable bonds is 6. The van der Waals surface area contributed by atoms with Crippen molar-refractivity contribution in [3.05, 3.63) is 35.9 Å². The maximum Gasteiger partial charge on any atom is 0.246 e. The fourth-order valence-electron chi connectivity index (χ4n) is 4.17. The normalized spacial score (nSPS) is 19.3. The largest absolute Gasteiger partial charge is 0.479 e. The minimum Gasteiger partial charge on any atom is -0.479 e. The Bertz CT molecular complexity index is 687. The minimum atomic E-state index is 0.0421. The molecule has 150 valence electrons. The number of benzene rings is 1. The van der Waals surface area contributed by atoms with Crippen LogP contribution in [0, 0.1) is 17.2 Å². The van der Waals surface area contributed by atoms with Gasteiger partial charge >= 0.3 is 0 Å². The van der Waals surface area contributed by atoms with Gasteiger partial charge in [0.1, 0.15) is 11.8 Å². The highest BCUT2D eigenvalue weighted by Crippen LogP contribution is 2.24. The van der Waals surface area contributed by atoms with Gasteiger partial charge in [-0.25, -0.2) is 0 Å². The zero-order valence-corrected chi connectivity index (χ0v) is 16.7. The molecule has 1 aliphatic carbocycles. The zero-order chi connectivity index (χ0) is 19.6. The van der Waals surface area contributed by atoms with Gasteiger partial charge in [-0.2, -0.15) is 5.26 Å². The standard InChI is InChI=1S/C23H31N3O2/c24-13-18-28-22-10-7-20(8-11-22)9-12-23(27)26-15-4-14-25(16-17-26)19-21-5-2-1-3-6-21/h7-12,21H,1-6,14-19H2/b12-9+. The van der Waals surface area contributed by atoms with Crippen LogP contribution >= 0.6 is 0 Å². The van der Waals surface area contributed by atoms with Gasteiger partial charge in [0.15, 0.2) is 6.61 Å². The van der Waals surface area contributed by atoms with E-state index in [1.165, 1.54) is 38.6 Å². The quantitative estimate of drug-likeness (QED) is 0.705. The van der Waals surface area contributed by atoms with E-state index in [1.807, 2.05) is 41.3 Å². The van der Waals surface area contributed by atoms with E-state index < -0.39 is 0 Å². The van der Waals surface area contributed by atoms with E-state index in [4.69, 9.17) is 10.00 Å². The van der Waals surface area contributed by atoms with Gasteiger partial charge in [-0.3, -0.25) is 4.79 Å². The molecular formula is C23H31N3O2. The summed E-state index contributed by atoms with van der Waals surface area (Å²) < 4.78 is 5.24. The predicted molar refractivity (Wildman–Crippen MR) is 111 cm³/mol. The van der Waals surface area contributed by atoms with Crippen molar-refractivity contribution in [1.82, 2.24) is 9.80 Å². The van der Waals surface area contributed by atoms with Gasteiger partial charge < -0.3 is 14.5 Å². The summed E-state index contributed by atoms with van der Waals surface area (Å²) in [6, 6.07) is 9.37. The molecule has 1 amide bonds. The Morgan fingerprint density at radius 3 is 2.61 bits per heavy atom. The van der Waals surface area contributed by atoms with E-state index in [0.29, 0.717) is 5.75 Å². The molecule has 2 aliphatic rings. The first-order valence-corrected chi connectivity index (χ1v) is 10.5. The fraction of sp³-hybridized carbons (Fsp3) is 0.565. The summed E-state index contributed by atoms with van der Waals surface area (Å²) in [6.07, 6.45) is 11.5. The molecule has 0 unspecified atom stereocenters. The van der Waals surface area contributed by atoms with Crippen molar-refractivity contribution in [2.45, 2.75) is 38.5 Å². The van der Waals surface area contributed by atoms with Gasteiger partial charge in [0.25, 0.3) is 0 Å². The molecule has 1 aliphatic heterocycles. The number of hydrogen-bond acceptors (Lipinski definition) is 4. The number of nitriles is 1. The molecule has 1 aromatic rings. The summed E-state index contributed by atoms with van der Waals surface area (Å²) in [5.41, 5.74) is 0.950. The summed E-state index contributed by atoms with van der Waals surface area (Å²) in [4.78, 5) is 17.1. The molecular weight excluding hydrogens is 350 g/mol. The third-order valence-electron chi connectivity index (χ3n) is 5.74. The Hall–Kier alpha value is -2.32. The number of hydrogen-bond donors (Lipinski definition) is 0. The van der Waals surface area contributed by atoms with Crippen LogP contribution in [0.4, 0.5) is 0 Å². The molecule has 1 heterocycles. The minimum absolute atomic E-state index is 0.0421. The highest BCUT2D eigenvalue weighted by Gasteiger charge is 2.21. The van der Waals surface area contributed by atoms with Gasteiger partial charge in [0.05, 0.1) is 0 Å². The van der Waals surface area contributed by atoms with Gasteiger partial charge in [-0.15, -0.1) is 0 Å². The van der Waals surface area contributed by atoms with Gasteiger partial charge in [-0.1, -0.05) is 31.4 Å². The van der Waals surface area contributed by atoms with Crippen molar-refractivity contribution in [2.24, 2.45) is 5.92 Å². The molecule has 0 aromatic heterocycles. The molecule has 0 bridgehead atoms. The van der Waals surface area contributed by atoms with Crippen molar-refractivity contribution >= 4 is 12.0 Å². The smallest absolute Gasteiger partial charge is 0.246 e. The summed E-state index contributed by atoms with van der Waals surface area (Å²) in [7, 11) is 0. The van der Waals surface area contributed by atoms with Crippen LogP contribution in [0.25, 0.3) is 6.08 Å². The van der Waals surface area contributed by atoms with Crippen molar-refractivity contribution in [2.75, 3.05) is 39.3 Å². The second-order valence-corrected chi connectivity index (χ2v) is 7.83. The molecule has 0 spiro atoms.